The number of carbonyl (C=O) groups is 1. The van der Waals surface area contributed by atoms with Crippen molar-refractivity contribution >= 4 is 27.7 Å². The van der Waals surface area contributed by atoms with E-state index in [1.54, 1.807) is 6.20 Å². The van der Waals surface area contributed by atoms with E-state index >= 15 is 0 Å². The van der Waals surface area contributed by atoms with Crippen LogP contribution < -0.4 is 10.6 Å². The fourth-order valence-electron chi connectivity index (χ4n) is 2.75. The zero-order chi connectivity index (χ0) is 14.8. The molecule has 0 spiro atoms. The molecule has 0 bridgehead atoms. The molecule has 1 fully saturated rings. The Kier molecular flexibility index (Phi) is 4.68. The molecule has 110 valence electrons. The van der Waals surface area contributed by atoms with Gasteiger partial charge in [-0.15, -0.1) is 0 Å². The molecule has 1 unspecified atom stereocenters. The van der Waals surface area contributed by atoms with Crippen molar-refractivity contribution in [1.82, 2.24) is 10.3 Å². The molecule has 1 aromatic rings. The number of rotatable bonds is 4. The van der Waals surface area contributed by atoms with Crippen molar-refractivity contribution in [2.24, 2.45) is 5.41 Å². The lowest BCUT2D eigenvalue weighted by Gasteiger charge is -2.28. The van der Waals surface area contributed by atoms with E-state index in [1.807, 2.05) is 13.0 Å². The summed E-state index contributed by atoms with van der Waals surface area (Å²) in [6.07, 6.45) is 5.09. The van der Waals surface area contributed by atoms with Crippen molar-refractivity contribution in [3.8, 4) is 0 Å². The summed E-state index contributed by atoms with van der Waals surface area (Å²) in [5.74, 6) is 0.596. The SMILES string of the molecule is CCNc1ncc(Br)cc1C(=O)NC1CCCC1(C)C. The molecule has 1 saturated carbocycles. The van der Waals surface area contributed by atoms with Gasteiger partial charge in [-0.3, -0.25) is 4.79 Å². The van der Waals surface area contributed by atoms with Crippen LogP contribution in [0.3, 0.4) is 0 Å². The highest BCUT2D eigenvalue weighted by Crippen LogP contribution is 2.37. The molecule has 0 aliphatic heterocycles. The standard InChI is InChI=1S/C15H22BrN3O/c1-4-17-13-11(8-10(16)9-18-13)14(20)19-12-6-5-7-15(12,2)3/h8-9,12H,4-7H2,1-3H3,(H,17,18)(H,19,20). The largest absolute Gasteiger partial charge is 0.370 e. The highest BCUT2D eigenvalue weighted by Gasteiger charge is 2.35. The molecule has 0 saturated heterocycles. The van der Waals surface area contributed by atoms with Gasteiger partial charge < -0.3 is 10.6 Å². The first-order valence-corrected chi connectivity index (χ1v) is 7.93. The second-order valence-corrected chi connectivity index (χ2v) is 6.90. The van der Waals surface area contributed by atoms with Gasteiger partial charge >= 0.3 is 0 Å². The van der Waals surface area contributed by atoms with Gasteiger partial charge in [0.25, 0.3) is 5.91 Å². The molecule has 0 radical (unpaired) electrons. The van der Waals surface area contributed by atoms with Crippen molar-refractivity contribution in [2.75, 3.05) is 11.9 Å². The molecule has 1 aliphatic carbocycles. The number of pyridine rings is 1. The minimum absolute atomic E-state index is 0.0466. The Balaban J connectivity index is 2.18. The van der Waals surface area contributed by atoms with Crippen LogP contribution in [0.15, 0.2) is 16.7 Å². The number of anilines is 1. The number of nitrogens with zero attached hydrogens (tertiary/aromatic N) is 1. The summed E-state index contributed by atoms with van der Waals surface area (Å²) in [4.78, 5) is 16.8. The van der Waals surface area contributed by atoms with Gasteiger partial charge in [0.1, 0.15) is 5.82 Å². The van der Waals surface area contributed by atoms with Gasteiger partial charge in [-0.2, -0.15) is 0 Å². The summed E-state index contributed by atoms with van der Waals surface area (Å²) < 4.78 is 0.815. The number of halogens is 1. The Hall–Kier alpha value is -1.10. The van der Waals surface area contributed by atoms with Gasteiger partial charge in [0.05, 0.1) is 5.56 Å². The fraction of sp³-hybridized carbons (Fsp3) is 0.600. The summed E-state index contributed by atoms with van der Waals surface area (Å²) in [7, 11) is 0. The van der Waals surface area contributed by atoms with Crippen LogP contribution in [0.2, 0.25) is 0 Å². The molecule has 1 aliphatic rings. The molecule has 2 N–H and O–H groups in total. The maximum Gasteiger partial charge on any atom is 0.255 e. The van der Waals surface area contributed by atoms with Crippen molar-refractivity contribution in [1.29, 1.82) is 0 Å². The van der Waals surface area contributed by atoms with E-state index in [9.17, 15) is 4.79 Å². The third-order valence-corrected chi connectivity index (χ3v) is 4.44. The molecular weight excluding hydrogens is 318 g/mol. The zero-order valence-electron chi connectivity index (χ0n) is 12.3. The first-order chi connectivity index (χ1) is 9.44. The van der Waals surface area contributed by atoms with Crippen molar-refractivity contribution in [3.05, 3.63) is 22.3 Å². The number of amides is 1. The van der Waals surface area contributed by atoms with Gasteiger partial charge in [-0.25, -0.2) is 4.98 Å². The number of carbonyl (C=O) groups excluding carboxylic acids is 1. The van der Waals surface area contributed by atoms with Crippen molar-refractivity contribution in [3.63, 3.8) is 0 Å². The molecule has 5 heteroatoms. The van der Waals surface area contributed by atoms with Crippen LogP contribution in [0.5, 0.6) is 0 Å². The molecular formula is C15H22BrN3O. The second-order valence-electron chi connectivity index (χ2n) is 5.99. The summed E-state index contributed by atoms with van der Waals surface area (Å²) in [5, 5.41) is 6.31. The van der Waals surface area contributed by atoms with Gasteiger partial charge in [0.2, 0.25) is 0 Å². The van der Waals surface area contributed by atoms with E-state index in [4.69, 9.17) is 0 Å². The van der Waals surface area contributed by atoms with Gasteiger partial charge in [-0.05, 0) is 47.2 Å². The molecule has 1 amide bonds. The Morgan fingerprint density at radius 3 is 2.90 bits per heavy atom. The van der Waals surface area contributed by atoms with Gasteiger partial charge in [0, 0.05) is 23.3 Å². The molecule has 1 atom stereocenters. The number of hydrogen-bond donors (Lipinski definition) is 2. The van der Waals surface area contributed by atoms with Crippen LogP contribution in [-0.2, 0) is 0 Å². The van der Waals surface area contributed by atoms with E-state index in [0.717, 1.165) is 23.9 Å². The first kappa shape index (κ1) is 15.3. The lowest BCUT2D eigenvalue weighted by molar-refractivity contribution is 0.0910. The molecule has 2 rings (SSSR count). The maximum atomic E-state index is 12.5. The molecule has 4 nitrogen and oxygen atoms in total. The third kappa shape index (κ3) is 3.32. The van der Waals surface area contributed by atoms with Crippen molar-refractivity contribution in [2.45, 2.75) is 46.1 Å². The first-order valence-electron chi connectivity index (χ1n) is 7.14. The number of aromatic nitrogens is 1. The zero-order valence-corrected chi connectivity index (χ0v) is 13.9. The van der Waals surface area contributed by atoms with E-state index in [0.29, 0.717) is 11.4 Å². The Bertz CT molecular complexity index is 502. The lowest BCUT2D eigenvalue weighted by atomic mass is 9.87. The summed E-state index contributed by atoms with van der Waals surface area (Å²) in [6.45, 7) is 7.17. The topological polar surface area (TPSA) is 54.0 Å². The van der Waals surface area contributed by atoms with Crippen LogP contribution in [0.1, 0.15) is 50.4 Å². The minimum atomic E-state index is -0.0466. The van der Waals surface area contributed by atoms with E-state index in [-0.39, 0.29) is 17.4 Å². The minimum Gasteiger partial charge on any atom is -0.370 e. The molecule has 1 aromatic heterocycles. The highest BCUT2D eigenvalue weighted by atomic mass is 79.9. The van der Waals surface area contributed by atoms with E-state index in [1.165, 1.54) is 6.42 Å². The van der Waals surface area contributed by atoms with E-state index < -0.39 is 0 Å². The maximum absolute atomic E-state index is 12.5. The Morgan fingerprint density at radius 1 is 1.55 bits per heavy atom. The number of hydrogen-bond acceptors (Lipinski definition) is 3. The van der Waals surface area contributed by atoms with Crippen LogP contribution >= 0.6 is 15.9 Å². The van der Waals surface area contributed by atoms with Crippen LogP contribution in [0.25, 0.3) is 0 Å². The number of nitrogens with one attached hydrogen (secondary N) is 2. The molecule has 1 heterocycles. The quantitative estimate of drug-likeness (QED) is 0.881. The summed E-state index contributed by atoms with van der Waals surface area (Å²) in [6, 6.07) is 2.06. The monoisotopic (exact) mass is 339 g/mol. The Morgan fingerprint density at radius 2 is 2.30 bits per heavy atom. The van der Waals surface area contributed by atoms with Gasteiger partial charge in [-0.1, -0.05) is 20.3 Å². The average Bonchev–Trinajstić information content (AvgIpc) is 2.71. The van der Waals surface area contributed by atoms with Crippen LogP contribution in [-0.4, -0.2) is 23.5 Å². The predicted octanol–water partition coefficient (Wildman–Crippen LogP) is 3.58. The summed E-state index contributed by atoms with van der Waals surface area (Å²) in [5.41, 5.74) is 0.775. The summed E-state index contributed by atoms with van der Waals surface area (Å²) >= 11 is 3.38. The van der Waals surface area contributed by atoms with Gasteiger partial charge in [0.15, 0.2) is 0 Å². The molecule has 0 aromatic carbocycles. The normalized spacial score (nSPS) is 20.7. The van der Waals surface area contributed by atoms with Crippen LogP contribution in [0, 0.1) is 5.41 Å². The lowest BCUT2D eigenvalue weighted by Crippen LogP contribution is -2.41. The molecule has 20 heavy (non-hydrogen) atoms. The smallest absolute Gasteiger partial charge is 0.255 e. The highest BCUT2D eigenvalue weighted by molar-refractivity contribution is 9.10. The fourth-order valence-corrected chi connectivity index (χ4v) is 3.08. The second kappa shape index (κ2) is 6.12. The van der Waals surface area contributed by atoms with Crippen molar-refractivity contribution < 1.29 is 4.79 Å². The van der Waals surface area contributed by atoms with Crippen LogP contribution in [0.4, 0.5) is 5.82 Å². The van der Waals surface area contributed by atoms with E-state index in [2.05, 4.69) is 45.4 Å². The predicted molar refractivity (Wildman–Crippen MR) is 85.0 cm³/mol. The average molecular weight is 340 g/mol. The third-order valence-electron chi connectivity index (χ3n) is 4.01. The Labute approximate surface area is 128 Å².